The predicted molar refractivity (Wildman–Crippen MR) is 122 cm³/mol. The van der Waals surface area contributed by atoms with Gasteiger partial charge in [-0.1, -0.05) is 40.9 Å². The lowest BCUT2D eigenvalue weighted by Crippen LogP contribution is -2.40. The Morgan fingerprint density at radius 2 is 1.58 bits per heavy atom. The molecule has 162 valence electrons. The van der Waals surface area contributed by atoms with Gasteiger partial charge in [-0.2, -0.15) is 4.31 Å². The maximum absolute atomic E-state index is 13.3. The van der Waals surface area contributed by atoms with Crippen molar-refractivity contribution in [3.05, 3.63) is 93.2 Å². The van der Waals surface area contributed by atoms with Crippen LogP contribution in [0.5, 0.6) is 0 Å². The Balaban J connectivity index is 1.84. The number of amides is 1. The second-order valence-corrected chi connectivity index (χ2v) is 9.81. The fraction of sp³-hybridized carbons (Fsp3) is 0.143. The van der Waals surface area contributed by atoms with Crippen molar-refractivity contribution in [2.24, 2.45) is 0 Å². The smallest absolute Gasteiger partial charge is 0.243 e. The molecule has 0 aliphatic heterocycles. The van der Waals surface area contributed by atoms with Crippen LogP contribution in [0.3, 0.4) is 0 Å². The molecule has 3 aromatic rings. The van der Waals surface area contributed by atoms with E-state index in [4.69, 9.17) is 34.8 Å². The predicted octanol–water partition coefficient (Wildman–Crippen LogP) is 4.55. The molecule has 0 fully saturated rings. The second kappa shape index (κ2) is 10.4. The maximum atomic E-state index is 13.3. The van der Waals surface area contributed by atoms with Crippen LogP contribution in [0.25, 0.3) is 0 Å². The quantitative estimate of drug-likeness (QED) is 0.494. The highest BCUT2D eigenvalue weighted by atomic mass is 35.5. The second-order valence-electron chi connectivity index (χ2n) is 6.59. The minimum atomic E-state index is -4.01. The van der Waals surface area contributed by atoms with Gasteiger partial charge in [-0.3, -0.25) is 9.78 Å². The lowest BCUT2D eigenvalue weighted by Gasteiger charge is -2.22. The molecule has 0 saturated heterocycles. The fourth-order valence-electron chi connectivity index (χ4n) is 2.74. The Bertz CT molecular complexity index is 1160. The summed E-state index contributed by atoms with van der Waals surface area (Å²) >= 11 is 18.1. The average Bonchev–Trinajstić information content (AvgIpc) is 2.74. The third-order valence-corrected chi connectivity index (χ3v) is 7.02. The molecular weight excluding hydrogens is 481 g/mol. The first-order valence-electron chi connectivity index (χ1n) is 9.11. The molecule has 0 aliphatic rings. The zero-order chi connectivity index (χ0) is 22.4. The molecular formula is C21H18Cl3N3O3S. The largest absolute Gasteiger partial charge is 0.351 e. The van der Waals surface area contributed by atoms with Crippen LogP contribution in [-0.4, -0.2) is 30.2 Å². The van der Waals surface area contributed by atoms with Crippen molar-refractivity contribution in [2.75, 3.05) is 6.54 Å². The Kier molecular flexibility index (Phi) is 7.91. The van der Waals surface area contributed by atoms with E-state index in [1.165, 1.54) is 30.3 Å². The first-order chi connectivity index (χ1) is 14.8. The fourth-order valence-corrected chi connectivity index (χ4v) is 4.71. The molecule has 0 bridgehead atoms. The standard InChI is InChI=1S/C21H18Cl3N3O3S/c22-17-3-5-19(6-4-17)31(29,30)27(13-16-1-2-18(23)11-20(16)24)14-21(28)26-12-15-7-9-25-10-8-15/h1-11H,12-14H2,(H,26,28). The monoisotopic (exact) mass is 497 g/mol. The van der Waals surface area contributed by atoms with Crippen LogP contribution in [0.1, 0.15) is 11.1 Å². The SMILES string of the molecule is O=C(CN(Cc1ccc(Cl)cc1Cl)S(=O)(=O)c1ccc(Cl)cc1)NCc1ccncc1. The number of nitrogens with one attached hydrogen (secondary N) is 1. The normalized spacial score (nSPS) is 11.5. The topological polar surface area (TPSA) is 79.4 Å². The summed E-state index contributed by atoms with van der Waals surface area (Å²) in [4.78, 5) is 16.5. The molecule has 1 N–H and O–H groups in total. The molecule has 2 aromatic carbocycles. The van der Waals surface area contributed by atoms with Crippen LogP contribution in [0.2, 0.25) is 15.1 Å². The number of hydrogen-bond acceptors (Lipinski definition) is 4. The number of benzene rings is 2. The van der Waals surface area contributed by atoms with Crippen LogP contribution in [-0.2, 0) is 27.9 Å². The van der Waals surface area contributed by atoms with Crippen molar-refractivity contribution in [2.45, 2.75) is 18.0 Å². The number of halogens is 3. The summed E-state index contributed by atoms with van der Waals surface area (Å²) in [5.41, 5.74) is 1.36. The third kappa shape index (κ3) is 6.41. The van der Waals surface area contributed by atoms with Crippen molar-refractivity contribution in [1.82, 2.24) is 14.6 Å². The number of aromatic nitrogens is 1. The molecule has 1 heterocycles. The minimum absolute atomic E-state index is 0.0175. The van der Waals surface area contributed by atoms with E-state index >= 15 is 0 Å². The number of pyridine rings is 1. The van der Waals surface area contributed by atoms with Crippen LogP contribution in [0.4, 0.5) is 0 Å². The van der Waals surface area contributed by atoms with E-state index < -0.39 is 22.5 Å². The number of carbonyl (C=O) groups excluding carboxylic acids is 1. The van der Waals surface area contributed by atoms with E-state index in [9.17, 15) is 13.2 Å². The van der Waals surface area contributed by atoms with Gasteiger partial charge in [0.05, 0.1) is 11.4 Å². The van der Waals surface area contributed by atoms with Gasteiger partial charge in [0, 0.05) is 40.6 Å². The van der Waals surface area contributed by atoms with Gasteiger partial charge in [-0.25, -0.2) is 8.42 Å². The number of sulfonamides is 1. The van der Waals surface area contributed by atoms with Crippen LogP contribution >= 0.6 is 34.8 Å². The van der Waals surface area contributed by atoms with Crippen molar-refractivity contribution < 1.29 is 13.2 Å². The summed E-state index contributed by atoms with van der Waals surface area (Å²) in [7, 11) is -4.01. The lowest BCUT2D eigenvalue weighted by molar-refractivity contribution is -0.121. The Morgan fingerprint density at radius 1 is 0.935 bits per heavy atom. The number of carbonyl (C=O) groups is 1. The van der Waals surface area contributed by atoms with Gasteiger partial charge in [0.25, 0.3) is 0 Å². The molecule has 0 atom stereocenters. The number of nitrogens with zero attached hydrogens (tertiary/aromatic N) is 2. The van der Waals surface area contributed by atoms with E-state index in [1.54, 1.807) is 36.7 Å². The summed E-state index contributed by atoms with van der Waals surface area (Å²) < 4.78 is 27.6. The van der Waals surface area contributed by atoms with E-state index in [1.807, 2.05) is 0 Å². The summed E-state index contributed by atoms with van der Waals surface area (Å²) in [6.07, 6.45) is 3.22. The Hall–Kier alpha value is -2.16. The molecule has 0 radical (unpaired) electrons. The molecule has 1 aromatic heterocycles. The third-order valence-electron chi connectivity index (χ3n) is 4.37. The van der Waals surface area contributed by atoms with Gasteiger partial charge in [-0.15, -0.1) is 0 Å². The minimum Gasteiger partial charge on any atom is -0.351 e. The highest BCUT2D eigenvalue weighted by molar-refractivity contribution is 7.89. The van der Waals surface area contributed by atoms with Crippen molar-refractivity contribution in [3.63, 3.8) is 0 Å². The van der Waals surface area contributed by atoms with Gasteiger partial charge < -0.3 is 5.32 Å². The van der Waals surface area contributed by atoms with Gasteiger partial charge >= 0.3 is 0 Å². The van der Waals surface area contributed by atoms with E-state index in [0.29, 0.717) is 20.6 Å². The van der Waals surface area contributed by atoms with Crippen LogP contribution in [0, 0.1) is 0 Å². The summed E-state index contributed by atoms with van der Waals surface area (Å²) in [5, 5.41) is 3.86. The highest BCUT2D eigenvalue weighted by Gasteiger charge is 2.27. The maximum Gasteiger partial charge on any atom is 0.243 e. The first kappa shape index (κ1) is 23.5. The van der Waals surface area contributed by atoms with Crippen molar-refractivity contribution in [1.29, 1.82) is 0 Å². The van der Waals surface area contributed by atoms with Crippen LogP contribution < -0.4 is 5.32 Å². The van der Waals surface area contributed by atoms with E-state index in [0.717, 1.165) is 9.87 Å². The molecule has 0 spiro atoms. The molecule has 0 unspecified atom stereocenters. The number of hydrogen-bond donors (Lipinski definition) is 1. The van der Waals surface area contributed by atoms with E-state index in [-0.39, 0.29) is 18.0 Å². The molecule has 10 heteroatoms. The van der Waals surface area contributed by atoms with Gasteiger partial charge in [0.15, 0.2) is 0 Å². The van der Waals surface area contributed by atoms with Crippen molar-refractivity contribution >= 4 is 50.7 Å². The first-order valence-corrected chi connectivity index (χ1v) is 11.7. The zero-order valence-electron chi connectivity index (χ0n) is 16.1. The summed E-state index contributed by atoms with van der Waals surface area (Å²) in [6, 6.07) is 14.0. The zero-order valence-corrected chi connectivity index (χ0v) is 19.2. The molecule has 31 heavy (non-hydrogen) atoms. The Morgan fingerprint density at radius 3 is 2.23 bits per heavy atom. The highest BCUT2D eigenvalue weighted by Crippen LogP contribution is 2.25. The number of rotatable bonds is 8. The van der Waals surface area contributed by atoms with Gasteiger partial charge in [0.2, 0.25) is 15.9 Å². The molecule has 0 aliphatic carbocycles. The van der Waals surface area contributed by atoms with Crippen molar-refractivity contribution in [3.8, 4) is 0 Å². The molecule has 1 amide bonds. The van der Waals surface area contributed by atoms with Gasteiger partial charge in [-0.05, 0) is 59.7 Å². The lowest BCUT2D eigenvalue weighted by atomic mass is 10.2. The van der Waals surface area contributed by atoms with E-state index in [2.05, 4.69) is 10.3 Å². The van der Waals surface area contributed by atoms with Crippen LogP contribution in [0.15, 0.2) is 71.9 Å². The molecule has 0 saturated carbocycles. The summed E-state index contributed by atoms with van der Waals surface area (Å²) in [6.45, 7) is -0.253. The molecule has 6 nitrogen and oxygen atoms in total. The molecule has 3 rings (SSSR count). The average molecular weight is 499 g/mol. The van der Waals surface area contributed by atoms with Gasteiger partial charge in [0.1, 0.15) is 0 Å². The Labute approximate surface area is 195 Å². The summed E-state index contributed by atoms with van der Waals surface area (Å²) in [5.74, 6) is -0.459.